The van der Waals surface area contributed by atoms with Crippen molar-refractivity contribution in [2.24, 2.45) is 0 Å². The van der Waals surface area contributed by atoms with Gasteiger partial charge in [-0.3, -0.25) is 0 Å². The van der Waals surface area contributed by atoms with E-state index in [4.69, 9.17) is 22.8 Å². The lowest BCUT2D eigenvalue weighted by Gasteiger charge is -2.12. The summed E-state index contributed by atoms with van der Waals surface area (Å²) in [6.07, 6.45) is 5.21. The summed E-state index contributed by atoms with van der Waals surface area (Å²) in [4.78, 5) is 0. The Bertz CT molecular complexity index is 682. The molecule has 0 aliphatic rings. The fraction of sp³-hybridized carbons (Fsp3) is 0.125. The Labute approximate surface area is 137 Å². The summed E-state index contributed by atoms with van der Waals surface area (Å²) in [5.74, 6) is 3.23. The SMILES string of the molecule is C#CCOc1ccc(Br)cc1CNc1ccc(O)c(Cl)c1. The van der Waals surface area contributed by atoms with Crippen LogP contribution in [0.15, 0.2) is 40.9 Å². The Morgan fingerprint density at radius 3 is 2.81 bits per heavy atom. The quantitative estimate of drug-likeness (QED) is 0.607. The second-order valence-electron chi connectivity index (χ2n) is 4.26. The summed E-state index contributed by atoms with van der Waals surface area (Å²) in [6.45, 7) is 0.764. The average Bonchev–Trinajstić information content (AvgIpc) is 2.47. The van der Waals surface area contributed by atoms with E-state index in [0.717, 1.165) is 21.5 Å². The summed E-state index contributed by atoms with van der Waals surface area (Å²) in [7, 11) is 0. The molecule has 3 nitrogen and oxygen atoms in total. The van der Waals surface area contributed by atoms with Crippen LogP contribution in [-0.4, -0.2) is 11.7 Å². The Morgan fingerprint density at radius 2 is 2.10 bits per heavy atom. The Kier molecular flexibility index (Phi) is 5.38. The number of aromatic hydroxyl groups is 1. The van der Waals surface area contributed by atoms with Crippen LogP contribution in [0.3, 0.4) is 0 Å². The molecule has 0 bridgehead atoms. The summed E-state index contributed by atoms with van der Waals surface area (Å²) in [5, 5.41) is 12.9. The summed E-state index contributed by atoms with van der Waals surface area (Å²) >= 11 is 9.31. The first-order chi connectivity index (χ1) is 10.1. The highest BCUT2D eigenvalue weighted by molar-refractivity contribution is 9.10. The molecule has 21 heavy (non-hydrogen) atoms. The normalized spacial score (nSPS) is 9.95. The number of hydrogen-bond donors (Lipinski definition) is 2. The zero-order chi connectivity index (χ0) is 15.2. The molecular weight excluding hydrogens is 354 g/mol. The first kappa shape index (κ1) is 15.6. The van der Waals surface area contributed by atoms with E-state index in [1.165, 1.54) is 0 Å². The van der Waals surface area contributed by atoms with Crippen LogP contribution < -0.4 is 10.1 Å². The molecule has 2 aromatic rings. The smallest absolute Gasteiger partial charge is 0.148 e. The van der Waals surface area contributed by atoms with E-state index in [2.05, 4.69) is 27.2 Å². The average molecular weight is 367 g/mol. The predicted octanol–water partition coefficient (Wildman–Crippen LogP) is 4.43. The number of ether oxygens (including phenoxy) is 1. The molecule has 0 saturated heterocycles. The first-order valence-corrected chi connectivity index (χ1v) is 7.34. The van der Waals surface area contributed by atoms with Gasteiger partial charge >= 0.3 is 0 Å². The number of nitrogens with one attached hydrogen (secondary N) is 1. The van der Waals surface area contributed by atoms with Crippen molar-refractivity contribution in [1.82, 2.24) is 0 Å². The van der Waals surface area contributed by atoms with Crippen molar-refractivity contribution in [3.05, 3.63) is 51.5 Å². The Hall–Kier alpha value is -1.83. The molecule has 0 heterocycles. The van der Waals surface area contributed by atoms with Crippen molar-refractivity contribution in [2.75, 3.05) is 11.9 Å². The molecule has 0 amide bonds. The largest absolute Gasteiger partial charge is 0.506 e. The Morgan fingerprint density at radius 1 is 1.29 bits per heavy atom. The molecule has 0 atom stereocenters. The topological polar surface area (TPSA) is 41.5 Å². The van der Waals surface area contributed by atoms with E-state index in [1.54, 1.807) is 18.2 Å². The van der Waals surface area contributed by atoms with E-state index in [-0.39, 0.29) is 12.4 Å². The van der Waals surface area contributed by atoms with Gasteiger partial charge in [0, 0.05) is 22.3 Å². The van der Waals surface area contributed by atoms with Crippen molar-refractivity contribution in [3.8, 4) is 23.8 Å². The highest BCUT2D eigenvalue weighted by Gasteiger charge is 2.06. The molecule has 108 valence electrons. The molecule has 0 radical (unpaired) electrons. The maximum atomic E-state index is 9.40. The first-order valence-electron chi connectivity index (χ1n) is 6.17. The zero-order valence-corrected chi connectivity index (χ0v) is 13.4. The van der Waals surface area contributed by atoms with E-state index in [9.17, 15) is 5.11 Å². The third-order valence-corrected chi connectivity index (χ3v) is 3.56. The lowest BCUT2D eigenvalue weighted by Crippen LogP contribution is -2.03. The van der Waals surface area contributed by atoms with Crippen LogP contribution in [0.25, 0.3) is 0 Å². The third kappa shape index (κ3) is 4.32. The molecule has 0 unspecified atom stereocenters. The minimum absolute atomic E-state index is 0.0581. The van der Waals surface area contributed by atoms with Gasteiger partial charge in [0.05, 0.1) is 5.02 Å². The molecule has 0 saturated carbocycles. The monoisotopic (exact) mass is 365 g/mol. The molecule has 2 N–H and O–H groups in total. The van der Waals surface area contributed by atoms with Crippen molar-refractivity contribution in [2.45, 2.75) is 6.54 Å². The van der Waals surface area contributed by atoms with Gasteiger partial charge in [-0.2, -0.15) is 0 Å². The van der Waals surface area contributed by atoms with Crippen molar-refractivity contribution >= 4 is 33.2 Å². The highest BCUT2D eigenvalue weighted by Crippen LogP contribution is 2.28. The van der Waals surface area contributed by atoms with Gasteiger partial charge in [-0.05, 0) is 36.4 Å². The van der Waals surface area contributed by atoms with Crippen molar-refractivity contribution in [3.63, 3.8) is 0 Å². The molecule has 0 aliphatic carbocycles. The van der Waals surface area contributed by atoms with E-state index in [1.807, 2.05) is 18.2 Å². The summed E-state index contributed by atoms with van der Waals surface area (Å²) in [6, 6.07) is 10.7. The van der Waals surface area contributed by atoms with Crippen LogP contribution >= 0.6 is 27.5 Å². The molecule has 0 spiro atoms. The highest BCUT2D eigenvalue weighted by atomic mass is 79.9. The van der Waals surface area contributed by atoms with Crippen LogP contribution in [0, 0.1) is 12.3 Å². The van der Waals surface area contributed by atoms with Gasteiger partial charge in [0.25, 0.3) is 0 Å². The van der Waals surface area contributed by atoms with Crippen molar-refractivity contribution < 1.29 is 9.84 Å². The van der Waals surface area contributed by atoms with E-state index in [0.29, 0.717) is 11.6 Å². The number of benzene rings is 2. The number of halogens is 2. The fourth-order valence-electron chi connectivity index (χ4n) is 1.76. The minimum Gasteiger partial charge on any atom is -0.506 e. The molecule has 5 heteroatoms. The maximum Gasteiger partial charge on any atom is 0.148 e. The number of phenols is 1. The van der Waals surface area contributed by atoms with Gasteiger partial charge in [-0.25, -0.2) is 0 Å². The van der Waals surface area contributed by atoms with Crippen LogP contribution in [0.2, 0.25) is 5.02 Å². The third-order valence-electron chi connectivity index (χ3n) is 2.76. The Balaban J connectivity index is 2.13. The lowest BCUT2D eigenvalue weighted by atomic mass is 10.2. The second kappa shape index (κ2) is 7.26. The predicted molar refractivity (Wildman–Crippen MR) is 88.9 cm³/mol. The summed E-state index contributed by atoms with van der Waals surface area (Å²) < 4.78 is 6.46. The molecule has 2 aromatic carbocycles. The standard InChI is InChI=1S/C16H13BrClNO2/c1-2-7-21-16-6-3-12(17)8-11(16)10-19-13-4-5-15(20)14(18)9-13/h1,3-6,8-9,19-20H,7,10H2. The molecular formula is C16H13BrClNO2. The zero-order valence-electron chi connectivity index (χ0n) is 11.1. The molecule has 0 aromatic heterocycles. The van der Waals surface area contributed by atoms with Gasteiger partial charge in [0.1, 0.15) is 18.1 Å². The van der Waals surface area contributed by atoms with Crippen LogP contribution in [0.5, 0.6) is 11.5 Å². The van der Waals surface area contributed by atoms with E-state index >= 15 is 0 Å². The van der Waals surface area contributed by atoms with Gasteiger partial charge < -0.3 is 15.2 Å². The molecule has 0 aliphatic heterocycles. The minimum atomic E-state index is 0.0581. The van der Waals surface area contributed by atoms with Gasteiger partial charge in [-0.15, -0.1) is 6.42 Å². The molecule has 2 rings (SSSR count). The van der Waals surface area contributed by atoms with Gasteiger partial charge in [0.15, 0.2) is 0 Å². The maximum absolute atomic E-state index is 9.40. The number of terminal acetylenes is 1. The van der Waals surface area contributed by atoms with Crippen molar-refractivity contribution in [1.29, 1.82) is 0 Å². The van der Waals surface area contributed by atoms with Crippen LogP contribution in [0.1, 0.15) is 5.56 Å². The van der Waals surface area contributed by atoms with E-state index < -0.39 is 0 Å². The molecule has 0 fully saturated rings. The van der Waals surface area contributed by atoms with Crippen LogP contribution in [-0.2, 0) is 6.54 Å². The van der Waals surface area contributed by atoms with Crippen LogP contribution in [0.4, 0.5) is 5.69 Å². The lowest BCUT2D eigenvalue weighted by molar-refractivity contribution is 0.366. The number of hydrogen-bond acceptors (Lipinski definition) is 3. The van der Waals surface area contributed by atoms with Gasteiger partial charge in [-0.1, -0.05) is 33.5 Å². The second-order valence-corrected chi connectivity index (χ2v) is 5.59. The van der Waals surface area contributed by atoms with Gasteiger partial charge in [0.2, 0.25) is 0 Å². The summed E-state index contributed by atoms with van der Waals surface area (Å²) in [5.41, 5.74) is 1.77. The number of anilines is 1. The fourth-order valence-corrected chi connectivity index (χ4v) is 2.35. The number of rotatable bonds is 5. The number of phenolic OH excluding ortho intramolecular Hbond substituents is 1.